The van der Waals surface area contributed by atoms with Gasteiger partial charge in [0.25, 0.3) is 10.0 Å². The zero-order chi connectivity index (χ0) is 13.6. The van der Waals surface area contributed by atoms with E-state index in [-0.39, 0.29) is 4.90 Å². The van der Waals surface area contributed by atoms with Crippen LogP contribution in [-0.2, 0) is 14.8 Å². The number of benzene rings is 1. The van der Waals surface area contributed by atoms with Crippen LogP contribution in [-0.4, -0.2) is 14.3 Å². The Kier molecular flexibility index (Phi) is 4.33. The van der Waals surface area contributed by atoms with Crippen LogP contribution in [0.1, 0.15) is 6.92 Å². The van der Waals surface area contributed by atoms with Gasteiger partial charge in [0.15, 0.2) is 6.19 Å². The normalized spacial score (nSPS) is 10.9. The molecule has 0 saturated heterocycles. The van der Waals surface area contributed by atoms with E-state index in [2.05, 4.69) is 10.3 Å². The molecule has 0 unspecified atom stereocenters. The number of nitrogens with one attached hydrogen (secondary N) is 2. The molecule has 0 saturated carbocycles. The van der Waals surface area contributed by atoms with Crippen molar-refractivity contribution >= 4 is 21.6 Å². The van der Waals surface area contributed by atoms with E-state index in [0.29, 0.717) is 5.69 Å². The van der Waals surface area contributed by atoms with Crippen molar-refractivity contribution in [1.29, 1.82) is 5.26 Å². The van der Waals surface area contributed by atoms with E-state index in [4.69, 9.17) is 5.26 Å². The summed E-state index contributed by atoms with van der Waals surface area (Å²) in [5.74, 6) is -0.669. The maximum absolute atomic E-state index is 11.6. The van der Waals surface area contributed by atoms with Gasteiger partial charge in [-0.1, -0.05) is 5.22 Å². The Morgan fingerprint density at radius 3 is 2.44 bits per heavy atom. The molecule has 1 amide bonds. The lowest BCUT2D eigenvalue weighted by molar-refractivity contribution is -0.117. The summed E-state index contributed by atoms with van der Waals surface area (Å²) < 4.78 is 25.0. The number of carbonyl (C=O) groups excluding carboxylic acids is 1. The molecule has 1 rings (SSSR count). The lowest BCUT2D eigenvalue weighted by Gasteiger charge is -2.03. The maximum Gasteiger partial charge on any atom is 0.264 e. The number of hydrogen-bond acceptors (Lipinski definition) is 6. The number of amides is 1. The summed E-state index contributed by atoms with van der Waals surface area (Å²) in [6.45, 7) is 1.10. The van der Waals surface area contributed by atoms with Gasteiger partial charge >= 0.3 is 0 Å². The first kappa shape index (κ1) is 13.6. The molecule has 0 aliphatic heterocycles. The third kappa shape index (κ3) is 3.84. The molecule has 0 aromatic heterocycles. The van der Waals surface area contributed by atoms with Crippen molar-refractivity contribution in [2.75, 3.05) is 0 Å². The zero-order valence-corrected chi connectivity index (χ0v) is 10.1. The summed E-state index contributed by atoms with van der Waals surface area (Å²) >= 11 is 0. The molecule has 0 aliphatic carbocycles. The second-order valence-corrected chi connectivity index (χ2v) is 4.76. The lowest BCUT2D eigenvalue weighted by Crippen LogP contribution is -2.28. The number of sulfonamides is 1. The van der Waals surface area contributed by atoms with Crippen LogP contribution in [0, 0.1) is 11.5 Å². The van der Waals surface area contributed by atoms with E-state index < -0.39 is 15.9 Å². The number of nitriles is 1. The zero-order valence-electron chi connectivity index (χ0n) is 9.28. The van der Waals surface area contributed by atoms with Crippen molar-refractivity contribution in [1.82, 2.24) is 10.1 Å². The van der Waals surface area contributed by atoms with Gasteiger partial charge in [-0.3, -0.25) is 4.79 Å². The number of hydrogen-bond donors (Lipinski definition) is 2. The fourth-order valence-corrected chi connectivity index (χ4v) is 2.04. The van der Waals surface area contributed by atoms with Gasteiger partial charge in [-0.15, -0.1) is 5.11 Å². The molecule has 0 bridgehead atoms. The fraction of sp³-hybridized carbons (Fsp3) is 0.111. The fourth-order valence-electron chi connectivity index (χ4n) is 1.05. The van der Waals surface area contributed by atoms with Crippen molar-refractivity contribution in [2.24, 2.45) is 10.3 Å². The molecule has 1 aromatic carbocycles. The van der Waals surface area contributed by atoms with E-state index >= 15 is 0 Å². The molecule has 0 atom stereocenters. The number of rotatable bonds is 4. The molecular formula is C9H9N5O3S. The minimum Gasteiger partial charge on any atom is -0.274 e. The molecule has 0 fully saturated rings. The van der Waals surface area contributed by atoms with Gasteiger partial charge in [-0.2, -0.15) is 10.7 Å². The Morgan fingerprint density at radius 1 is 1.33 bits per heavy atom. The third-order valence-corrected chi connectivity index (χ3v) is 3.14. The summed E-state index contributed by atoms with van der Waals surface area (Å²) in [6.07, 6.45) is 1.54. The highest BCUT2D eigenvalue weighted by molar-refractivity contribution is 7.90. The molecule has 1 aromatic rings. The van der Waals surface area contributed by atoms with Crippen LogP contribution in [0.25, 0.3) is 0 Å². The van der Waals surface area contributed by atoms with Crippen molar-refractivity contribution in [3.63, 3.8) is 0 Å². The van der Waals surface area contributed by atoms with Crippen LogP contribution in [0.3, 0.4) is 0 Å². The number of carbonyl (C=O) groups is 1. The topological polar surface area (TPSA) is 124 Å². The van der Waals surface area contributed by atoms with Gasteiger partial charge in [0, 0.05) is 6.92 Å². The molecule has 9 heteroatoms. The first-order valence-corrected chi connectivity index (χ1v) is 6.12. The molecular weight excluding hydrogens is 258 g/mol. The van der Waals surface area contributed by atoms with Crippen molar-refractivity contribution in [3.05, 3.63) is 24.3 Å². The van der Waals surface area contributed by atoms with Gasteiger partial charge in [-0.25, -0.2) is 13.1 Å². The Labute approximate surface area is 103 Å². The Morgan fingerprint density at radius 2 is 1.94 bits per heavy atom. The van der Waals surface area contributed by atoms with Crippen LogP contribution in [0.2, 0.25) is 0 Å². The molecule has 0 aliphatic rings. The van der Waals surface area contributed by atoms with Gasteiger partial charge in [0.1, 0.15) is 0 Å². The average molecular weight is 267 g/mol. The van der Waals surface area contributed by atoms with Crippen LogP contribution in [0.5, 0.6) is 0 Å². The van der Waals surface area contributed by atoms with Crippen molar-refractivity contribution < 1.29 is 13.2 Å². The highest BCUT2D eigenvalue weighted by Gasteiger charge is 2.14. The van der Waals surface area contributed by atoms with Gasteiger partial charge in [0.05, 0.1) is 10.6 Å². The summed E-state index contributed by atoms with van der Waals surface area (Å²) in [6, 6.07) is 5.31. The SMILES string of the molecule is CC(=O)NS(=O)(=O)c1ccc(N=NNC#N)cc1. The minimum absolute atomic E-state index is 0.0649. The van der Waals surface area contributed by atoms with Crippen molar-refractivity contribution in [2.45, 2.75) is 11.8 Å². The summed E-state index contributed by atoms with van der Waals surface area (Å²) in [4.78, 5) is 10.6. The Hall–Kier alpha value is -2.47. The average Bonchev–Trinajstić information content (AvgIpc) is 2.28. The lowest BCUT2D eigenvalue weighted by atomic mass is 10.3. The molecule has 94 valence electrons. The third-order valence-electron chi connectivity index (χ3n) is 1.69. The summed E-state index contributed by atoms with van der Waals surface area (Å²) in [5, 5.41) is 15.0. The predicted octanol–water partition coefficient (Wildman–Crippen LogP) is 0.581. The Balaban J connectivity index is 2.90. The summed E-state index contributed by atoms with van der Waals surface area (Å²) in [7, 11) is -3.84. The molecule has 8 nitrogen and oxygen atoms in total. The van der Waals surface area contributed by atoms with E-state index in [9.17, 15) is 13.2 Å². The molecule has 0 heterocycles. The first-order valence-electron chi connectivity index (χ1n) is 4.64. The van der Waals surface area contributed by atoms with Gasteiger partial charge < -0.3 is 0 Å². The molecule has 2 N–H and O–H groups in total. The smallest absolute Gasteiger partial charge is 0.264 e. The van der Waals surface area contributed by atoms with Gasteiger partial charge in [0.2, 0.25) is 5.91 Å². The predicted molar refractivity (Wildman–Crippen MR) is 60.7 cm³/mol. The standard InChI is InChI=1S/C9H9N5O3S/c1-7(15)13-18(16,17)9-4-2-8(3-5-9)12-14-11-6-10/h2-5H,1H3,(H,11,12)(H,13,15). The minimum atomic E-state index is -3.84. The highest BCUT2D eigenvalue weighted by Crippen LogP contribution is 2.16. The van der Waals surface area contributed by atoms with Crippen LogP contribution in [0.4, 0.5) is 5.69 Å². The maximum atomic E-state index is 11.6. The first-order chi connectivity index (χ1) is 8.45. The van der Waals surface area contributed by atoms with Crippen molar-refractivity contribution in [3.8, 4) is 6.19 Å². The second-order valence-electron chi connectivity index (χ2n) is 3.08. The quantitative estimate of drug-likeness (QED) is 0.357. The van der Waals surface area contributed by atoms with E-state index in [0.717, 1.165) is 6.92 Å². The molecule has 0 spiro atoms. The van der Waals surface area contributed by atoms with Crippen LogP contribution < -0.4 is 10.1 Å². The van der Waals surface area contributed by atoms with E-state index in [1.807, 2.05) is 10.1 Å². The largest absolute Gasteiger partial charge is 0.274 e. The van der Waals surface area contributed by atoms with Gasteiger partial charge in [-0.05, 0) is 24.3 Å². The van der Waals surface area contributed by atoms with E-state index in [1.165, 1.54) is 24.3 Å². The highest BCUT2D eigenvalue weighted by atomic mass is 32.2. The van der Waals surface area contributed by atoms with Crippen LogP contribution >= 0.6 is 0 Å². The Bertz CT molecular complexity index is 600. The van der Waals surface area contributed by atoms with E-state index in [1.54, 1.807) is 6.19 Å². The monoisotopic (exact) mass is 267 g/mol. The number of nitrogens with zero attached hydrogens (tertiary/aromatic N) is 3. The second kappa shape index (κ2) is 5.74. The van der Waals surface area contributed by atoms with Crippen LogP contribution in [0.15, 0.2) is 39.5 Å². The molecule has 0 radical (unpaired) electrons. The molecule has 18 heavy (non-hydrogen) atoms. The summed E-state index contributed by atoms with van der Waals surface area (Å²) in [5.41, 5.74) is 2.32.